The Kier molecular flexibility index (Phi) is 5.76. The van der Waals surface area contributed by atoms with E-state index in [1.807, 2.05) is 0 Å². The Hall–Kier alpha value is -2.87. The minimum absolute atomic E-state index is 0.0458. The number of β-amino-alcohol motifs (C(OH)–C–C–N with tert-alkyl or cyclic N) is 1. The summed E-state index contributed by atoms with van der Waals surface area (Å²) in [5.41, 5.74) is 1.77. The van der Waals surface area contributed by atoms with Crippen LogP contribution in [0.2, 0.25) is 0 Å². The Bertz CT molecular complexity index is 741. The molecule has 1 aromatic carbocycles. The van der Waals surface area contributed by atoms with Gasteiger partial charge in [-0.05, 0) is 24.6 Å². The largest absolute Gasteiger partial charge is 0.466 e. The fourth-order valence-electron chi connectivity index (χ4n) is 2.52. The van der Waals surface area contributed by atoms with E-state index in [2.05, 4.69) is 5.32 Å². The number of esters is 2. The molecule has 25 heavy (non-hydrogen) atoms. The van der Waals surface area contributed by atoms with Crippen molar-refractivity contribution in [2.75, 3.05) is 39.2 Å². The van der Waals surface area contributed by atoms with E-state index in [0.717, 1.165) is 5.56 Å². The first-order valence-electron chi connectivity index (χ1n) is 7.60. The third-order valence-electron chi connectivity index (χ3n) is 3.87. The number of aryl methyl sites for hydroxylation is 1. The summed E-state index contributed by atoms with van der Waals surface area (Å²) in [4.78, 5) is 37.6. The predicted molar refractivity (Wildman–Crippen MR) is 88.8 cm³/mol. The maximum absolute atomic E-state index is 12.5. The Balaban J connectivity index is 2.37. The van der Waals surface area contributed by atoms with Crippen LogP contribution >= 0.6 is 0 Å². The van der Waals surface area contributed by atoms with Crippen molar-refractivity contribution in [1.82, 2.24) is 4.90 Å². The van der Waals surface area contributed by atoms with E-state index in [9.17, 15) is 14.4 Å². The lowest BCUT2D eigenvalue weighted by atomic mass is 10.1. The second kappa shape index (κ2) is 7.80. The highest BCUT2D eigenvalue weighted by Crippen LogP contribution is 2.24. The van der Waals surface area contributed by atoms with E-state index in [4.69, 9.17) is 14.6 Å². The van der Waals surface area contributed by atoms with Crippen LogP contribution in [0.3, 0.4) is 0 Å². The van der Waals surface area contributed by atoms with E-state index >= 15 is 0 Å². The molecule has 1 aromatic rings. The average Bonchev–Trinajstić information content (AvgIpc) is 2.92. The van der Waals surface area contributed by atoms with Crippen molar-refractivity contribution in [3.05, 3.63) is 40.6 Å². The zero-order valence-electron chi connectivity index (χ0n) is 14.3. The summed E-state index contributed by atoms with van der Waals surface area (Å²) < 4.78 is 9.46. The van der Waals surface area contributed by atoms with Gasteiger partial charge in [-0.3, -0.25) is 4.79 Å². The van der Waals surface area contributed by atoms with Gasteiger partial charge < -0.3 is 24.8 Å². The third kappa shape index (κ3) is 3.80. The lowest BCUT2D eigenvalue weighted by molar-refractivity contribution is -0.136. The van der Waals surface area contributed by atoms with Crippen LogP contribution in [-0.2, 0) is 19.1 Å². The predicted octanol–water partition coefficient (Wildman–Crippen LogP) is 0.455. The van der Waals surface area contributed by atoms with Crippen LogP contribution in [-0.4, -0.2) is 61.8 Å². The fraction of sp³-hybridized carbons (Fsp3) is 0.353. The molecule has 0 saturated heterocycles. The molecule has 1 amide bonds. The number of hydrogen-bond acceptors (Lipinski definition) is 7. The van der Waals surface area contributed by atoms with Gasteiger partial charge in [0.1, 0.15) is 5.70 Å². The highest BCUT2D eigenvalue weighted by atomic mass is 16.5. The summed E-state index contributed by atoms with van der Waals surface area (Å²) in [5.74, 6) is -1.55. The molecular formula is C17H20N2O6. The number of aliphatic hydroxyl groups excluding tert-OH is 1. The molecule has 0 aromatic heterocycles. The molecule has 0 fully saturated rings. The molecule has 0 spiro atoms. The Morgan fingerprint density at radius 3 is 2.52 bits per heavy atom. The molecule has 0 atom stereocenters. The average molecular weight is 348 g/mol. The lowest BCUT2D eigenvalue weighted by Gasteiger charge is -2.15. The smallest absolute Gasteiger partial charge is 0.338 e. The third-order valence-corrected chi connectivity index (χ3v) is 3.87. The number of anilines is 1. The second-order valence-corrected chi connectivity index (χ2v) is 5.44. The zero-order chi connectivity index (χ0) is 18.6. The summed E-state index contributed by atoms with van der Waals surface area (Å²) in [5, 5.41) is 11.9. The number of carbonyl (C=O) groups excluding carboxylic acids is 3. The number of amides is 1. The van der Waals surface area contributed by atoms with Crippen molar-refractivity contribution in [1.29, 1.82) is 0 Å². The molecule has 2 N–H and O–H groups in total. The molecule has 8 heteroatoms. The number of rotatable bonds is 6. The topological polar surface area (TPSA) is 105 Å². The first-order chi connectivity index (χ1) is 11.9. The van der Waals surface area contributed by atoms with Gasteiger partial charge in [0.05, 0.1) is 38.5 Å². The van der Waals surface area contributed by atoms with Crippen LogP contribution in [0.15, 0.2) is 29.5 Å². The lowest BCUT2D eigenvalue weighted by Crippen LogP contribution is -2.31. The highest BCUT2D eigenvalue weighted by molar-refractivity contribution is 6.08. The molecule has 2 rings (SSSR count). The SMILES string of the molecule is COC(=O)C1=C(Nc2ccc(C)c(C(=O)OC)c2)C(=O)N(CCO)C1. The van der Waals surface area contributed by atoms with Crippen LogP contribution in [0.4, 0.5) is 5.69 Å². The summed E-state index contributed by atoms with van der Waals surface area (Å²) in [6, 6.07) is 4.94. The van der Waals surface area contributed by atoms with Gasteiger partial charge in [0.15, 0.2) is 0 Å². The molecule has 0 saturated carbocycles. The molecule has 1 heterocycles. The van der Waals surface area contributed by atoms with Gasteiger partial charge >= 0.3 is 11.9 Å². The van der Waals surface area contributed by atoms with Gasteiger partial charge in [-0.25, -0.2) is 9.59 Å². The number of aliphatic hydroxyl groups is 1. The van der Waals surface area contributed by atoms with Crippen LogP contribution in [0.1, 0.15) is 15.9 Å². The van der Waals surface area contributed by atoms with Crippen molar-refractivity contribution >= 4 is 23.5 Å². The monoisotopic (exact) mass is 348 g/mol. The van der Waals surface area contributed by atoms with Crippen LogP contribution in [0.5, 0.6) is 0 Å². The Labute approximate surface area is 145 Å². The van der Waals surface area contributed by atoms with E-state index in [0.29, 0.717) is 11.3 Å². The first-order valence-corrected chi connectivity index (χ1v) is 7.60. The van der Waals surface area contributed by atoms with Gasteiger partial charge in [0, 0.05) is 12.2 Å². The number of methoxy groups -OCH3 is 2. The van der Waals surface area contributed by atoms with Gasteiger partial charge in [0.2, 0.25) is 0 Å². The summed E-state index contributed by atoms with van der Waals surface area (Å²) >= 11 is 0. The quantitative estimate of drug-likeness (QED) is 0.719. The summed E-state index contributed by atoms with van der Waals surface area (Å²) in [6.07, 6.45) is 0. The highest BCUT2D eigenvalue weighted by Gasteiger charge is 2.34. The van der Waals surface area contributed by atoms with E-state index in [1.165, 1.54) is 19.1 Å². The summed E-state index contributed by atoms with van der Waals surface area (Å²) in [7, 11) is 2.51. The van der Waals surface area contributed by atoms with Crippen molar-refractivity contribution in [2.24, 2.45) is 0 Å². The molecule has 0 radical (unpaired) electrons. The van der Waals surface area contributed by atoms with Gasteiger partial charge in [-0.15, -0.1) is 0 Å². The molecule has 8 nitrogen and oxygen atoms in total. The minimum Gasteiger partial charge on any atom is -0.466 e. The van der Waals surface area contributed by atoms with Crippen molar-refractivity contribution in [2.45, 2.75) is 6.92 Å². The van der Waals surface area contributed by atoms with Gasteiger partial charge in [-0.2, -0.15) is 0 Å². The maximum Gasteiger partial charge on any atom is 0.338 e. The van der Waals surface area contributed by atoms with E-state index < -0.39 is 17.8 Å². The Morgan fingerprint density at radius 2 is 1.92 bits per heavy atom. The normalized spacial score (nSPS) is 13.9. The molecule has 1 aliphatic rings. The molecule has 1 aliphatic heterocycles. The zero-order valence-corrected chi connectivity index (χ0v) is 14.3. The molecular weight excluding hydrogens is 328 g/mol. The van der Waals surface area contributed by atoms with Crippen molar-refractivity contribution < 1.29 is 29.0 Å². The molecule has 0 unspecified atom stereocenters. The molecule has 0 bridgehead atoms. The maximum atomic E-state index is 12.5. The van der Waals surface area contributed by atoms with Crippen LogP contribution in [0, 0.1) is 6.92 Å². The summed E-state index contributed by atoms with van der Waals surface area (Å²) in [6.45, 7) is 1.69. The molecule has 0 aliphatic carbocycles. The van der Waals surface area contributed by atoms with E-state index in [1.54, 1.807) is 25.1 Å². The fourth-order valence-corrected chi connectivity index (χ4v) is 2.52. The number of ether oxygens (including phenoxy) is 2. The van der Waals surface area contributed by atoms with Crippen molar-refractivity contribution in [3.8, 4) is 0 Å². The van der Waals surface area contributed by atoms with E-state index in [-0.39, 0.29) is 31.0 Å². The van der Waals surface area contributed by atoms with Crippen molar-refractivity contribution in [3.63, 3.8) is 0 Å². The number of hydrogen-bond donors (Lipinski definition) is 2. The second-order valence-electron chi connectivity index (χ2n) is 5.44. The minimum atomic E-state index is -0.628. The molecule has 134 valence electrons. The number of benzene rings is 1. The van der Waals surface area contributed by atoms with Gasteiger partial charge in [0.25, 0.3) is 5.91 Å². The van der Waals surface area contributed by atoms with Gasteiger partial charge in [-0.1, -0.05) is 6.07 Å². The first kappa shape index (κ1) is 18.5. The Morgan fingerprint density at radius 1 is 1.24 bits per heavy atom. The van der Waals surface area contributed by atoms with Crippen LogP contribution < -0.4 is 5.32 Å². The number of carbonyl (C=O) groups is 3. The number of nitrogens with zero attached hydrogens (tertiary/aromatic N) is 1. The van der Waals surface area contributed by atoms with Crippen LogP contribution in [0.25, 0.3) is 0 Å². The standard InChI is InChI=1S/C17H20N2O6/c1-10-4-5-11(8-12(10)16(22)24-2)18-14-13(17(23)25-3)9-19(6-7-20)15(14)21/h4-5,8,18,20H,6-7,9H2,1-3H3. The number of nitrogens with one attached hydrogen (secondary N) is 1.